The fourth-order valence-electron chi connectivity index (χ4n) is 3.12. The lowest BCUT2D eigenvalue weighted by molar-refractivity contribution is 0.0139. The van der Waals surface area contributed by atoms with Crippen molar-refractivity contribution in [3.05, 3.63) is 53.5 Å². The molecule has 5 nitrogen and oxygen atoms in total. The number of anilines is 2. The highest BCUT2D eigenvalue weighted by Crippen LogP contribution is 2.34. The summed E-state index contributed by atoms with van der Waals surface area (Å²) in [5.74, 6) is -6.45. The molecule has 0 atom stereocenters. The number of aromatic nitrogens is 3. The fraction of sp³-hybridized carbons (Fsp3) is 0.167. The highest BCUT2D eigenvalue weighted by atomic mass is 19.3. The summed E-state index contributed by atoms with van der Waals surface area (Å²) in [5.41, 5.74) is 2.79. The van der Waals surface area contributed by atoms with Gasteiger partial charge in [0.25, 0.3) is 5.92 Å². The Morgan fingerprint density at radius 2 is 1.86 bits per heavy atom. The Hall–Kier alpha value is -3.30. The van der Waals surface area contributed by atoms with E-state index in [1.807, 2.05) is 0 Å². The minimum Gasteiger partial charge on any atom is -0.359 e. The average Bonchev–Trinajstić information content (AvgIpc) is 3.17. The largest absolute Gasteiger partial charge is 0.359 e. The molecular formula is C18H14F5N5. The molecule has 0 spiro atoms. The van der Waals surface area contributed by atoms with Gasteiger partial charge in [-0.25, -0.2) is 31.6 Å². The number of fused-ring (bicyclic) bond motifs is 2. The van der Waals surface area contributed by atoms with Gasteiger partial charge in [0.05, 0.1) is 33.2 Å². The molecular weight excluding hydrogens is 381 g/mol. The molecule has 0 unspecified atom stereocenters. The molecule has 0 aliphatic rings. The third-order valence-electron chi connectivity index (χ3n) is 4.42. The van der Waals surface area contributed by atoms with Crippen LogP contribution in [-0.2, 0) is 5.92 Å². The molecule has 146 valence electrons. The Bertz CT molecular complexity index is 1200. The molecule has 2 aromatic heterocycles. The monoisotopic (exact) mass is 395 g/mol. The first-order valence-electron chi connectivity index (χ1n) is 8.21. The van der Waals surface area contributed by atoms with Crippen LogP contribution in [0.15, 0.2) is 30.5 Å². The number of benzene rings is 2. The summed E-state index contributed by atoms with van der Waals surface area (Å²) < 4.78 is 70.5. The topological polar surface area (TPSA) is 57.7 Å². The molecule has 2 aromatic carbocycles. The zero-order valence-electron chi connectivity index (χ0n) is 14.7. The zero-order chi connectivity index (χ0) is 20.2. The van der Waals surface area contributed by atoms with Gasteiger partial charge in [-0.3, -0.25) is 0 Å². The molecule has 0 amide bonds. The molecule has 0 aliphatic heterocycles. The van der Waals surface area contributed by atoms with Crippen molar-refractivity contribution < 1.29 is 22.0 Å². The normalized spacial score (nSPS) is 12.1. The molecule has 3 N–H and O–H groups in total. The van der Waals surface area contributed by atoms with Crippen molar-refractivity contribution in [2.75, 3.05) is 17.8 Å². The third kappa shape index (κ3) is 2.72. The minimum atomic E-state index is -3.38. The van der Waals surface area contributed by atoms with E-state index in [-0.39, 0.29) is 28.1 Å². The van der Waals surface area contributed by atoms with Crippen molar-refractivity contribution in [1.29, 1.82) is 0 Å². The molecule has 0 fully saturated rings. The molecule has 4 aromatic rings. The van der Waals surface area contributed by atoms with Gasteiger partial charge in [-0.2, -0.15) is 0 Å². The highest BCUT2D eigenvalue weighted by molar-refractivity contribution is 5.95. The summed E-state index contributed by atoms with van der Waals surface area (Å²) in [7, 11) is 1.52. The van der Waals surface area contributed by atoms with Crippen LogP contribution in [0.4, 0.5) is 33.6 Å². The zero-order valence-corrected chi connectivity index (χ0v) is 14.7. The van der Waals surface area contributed by atoms with Gasteiger partial charge in [0.2, 0.25) is 5.95 Å². The molecule has 0 aliphatic carbocycles. The summed E-state index contributed by atoms with van der Waals surface area (Å²) in [6, 6.07) is 4.27. The second kappa shape index (κ2) is 6.11. The van der Waals surface area contributed by atoms with Gasteiger partial charge >= 0.3 is 0 Å². The van der Waals surface area contributed by atoms with Crippen LogP contribution in [0.2, 0.25) is 0 Å². The molecule has 2 heterocycles. The van der Waals surface area contributed by atoms with E-state index in [0.717, 1.165) is 18.2 Å². The standard InChI is InChI=1S/C18H14F5N5/c1-18(22,23)8-5-12-14(6-10(8)20)28(24-2)17(26-12)27-13-7-25-11-4-3-9(19)16(21)15(11)13/h3-7,24-25H,1-2H3,(H,26,27). The quantitative estimate of drug-likeness (QED) is 0.428. The van der Waals surface area contributed by atoms with Crippen LogP contribution in [0.25, 0.3) is 21.9 Å². The van der Waals surface area contributed by atoms with Crippen LogP contribution in [0.5, 0.6) is 0 Å². The second-order valence-electron chi connectivity index (χ2n) is 6.31. The van der Waals surface area contributed by atoms with Crippen LogP contribution in [0.1, 0.15) is 12.5 Å². The molecule has 28 heavy (non-hydrogen) atoms. The Morgan fingerprint density at radius 3 is 2.54 bits per heavy atom. The van der Waals surface area contributed by atoms with E-state index in [2.05, 4.69) is 20.7 Å². The summed E-state index contributed by atoms with van der Waals surface area (Å²) in [6.07, 6.45) is 1.42. The van der Waals surface area contributed by atoms with Crippen molar-refractivity contribution in [2.24, 2.45) is 0 Å². The van der Waals surface area contributed by atoms with Gasteiger partial charge in [-0.15, -0.1) is 0 Å². The van der Waals surface area contributed by atoms with Crippen LogP contribution in [0.3, 0.4) is 0 Å². The lowest BCUT2D eigenvalue weighted by atomic mass is 10.1. The van der Waals surface area contributed by atoms with E-state index < -0.39 is 28.9 Å². The number of rotatable bonds is 4. The maximum Gasteiger partial charge on any atom is 0.273 e. The van der Waals surface area contributed by atoms with Crippen molar-refractivity contribution in [2.45, 2.75) is 12.8 Å². The van der Waals surface area contributed by atoms with Gasteiger partial charge in [0, 0.05) is 26.2 Å². The first kappa shape index (κ1) is 18.1. The Balaban J connectivity index is 1.87. The smallest absolute Gasteiger partial charge is 0.273 e. The molecule has 0 saturated carbocycles. The number of H-pyrrole nitrogens is 1. The maximum atomic E-state index is 14.2. The second-order valence-corrected chi connectivity index (χ2v) is 6.31. The number of nitrogens with zero attached hydrogens (tertiary/aromatic N) is 2. The molecule has 4 rings (SSSR count). The molecule has 10 heteroatoms. The number of hydrogen-bond donors (Lipinski definition) is 3. The third-order valence-corrected chi connectivity index (χ3v) is 4.42. The van der Waals surface area contributed by atoms with Gasteiger partial charge < -0.3 is 15.7 Å². The SMILES string of the molecule is CNn1c(Nc2c[nH]c3ccc(F)c(F)c23)nc2cc(C(C)(F)F)c(F)cc21. The van der Waals surface area contributed by atoms with Crippen LogP contribution in [0, 0.1) is 17.5 Å². The molecule has 0 radical (unpaired) electrons. The van der Waals surface area contributed by atoms with Crippen molar-refractivity contribution >= 4 is 33.6 Å². The van der Waals surface area contributed by atoms with Crippen molar-refractivity contribution in [3.63, 3.8) is 0 Å². The lowest BCUT2D eigenvalue weighted by Gasteiger charge is -2.12. The summed E-state index contributed by atoms with van der Waals surface area (Å²) in [4.78, 5) is 6.99. The number of imidazole rings is 1. The van der Waals surface area contributed by atoms with Gasteiger partial charge in [-0.1, -0.05) is 0 Å². The van der Waals surface area contributed by atoms with Crippen molar-refractivity contribution in [3.8, 4) is 0 Å². The van der Waals surface area contributed by atoms with E-state index in [4.69, 9.17) is 0 Å². The number of halogens is 5. The maximum absolute atomic E-state index is 14.2. The van der Waals surface area contributed by atoms with Crippen LogP contribution < -0.4 is 10.7 Å². The Morgan fingerprint density at radius 1 is 1.11 bits per heavy atom. The summed E-state index contributed by atoms with van der Waals surface area (Å²) >= 11 is 0. The van der Waals surface area contributed by atoms with E-state index in [9.17, 15) is 22.0 Å². The average molecular weight is 395 g/mol. The van der Waals surface area contributed by atoms with Crippen LogP contribution >= 0.6 is 0 Å². The number of alkyl halides is 2. The fourth-order valence-corrected chi connectivity index (χ4v) is 3.12. The first-order valence-corrected chi connectivity index (χ1v) is 8.21. The van der Waals surface area contributed by atoms with E-state index in [1.54, 1.807) is 0 Å². The Labute approximate surface area is 155 Å². The minimum absolute atomic E-state index is 0.0262. The number of aromatic amines is 1. The molecule has 0 bridgehead atoms. The van der Waals surface area contributed by atoms with E-state index in [1.165, 1.54) is 24.0 Å². The summed E-state index contributed by atoms with van der Waals surface area (Å²) in [6.45, 7) is 0.592. The van der Waals surface area contributed by atoms with Gasteiger partial charge in [0.1, 0.15) is 5.82 Å². The van der Waals surface area contributed by atoms with Crippen LogP contribution in [-0.4, -0.2) is 21.7 Å². The van der Waals surface area contributed by atoms with E-state index >= 15 is 0 Å². The Kier molecular flexibility index (Phi) is 3.95. The lowest BCUT2D eigenvalue weighted by Crippen LogP contribution is -2.13. The first-order chi connectivity index (χ1) is 13.2. The molecule has 0 saturated heterocycles. The predicted octanol–water partition coefficient (Wildman–Crippen LogP) is 4.96. The number of hydrogen-bond acceptors (Lipinski definition) is 3. The van der Waals surface area contributed by atoms with Crippen molar-refractivity contribution in [1.82, 2.24) is 14.6 Å². The number of nitrogens with one attached hydrogen (secondary N) is 3. The van der Waals surface area contributed by atoms with Gasteiger partial charge in [-0.05, 0) is 18.2 Å². The van der Waals surface area contributed by atoms with E-state index in [0.29, 0.717) is 12.4 Å². The summed E-state index contributed by atoms with van der Waals surface area (Å²) in [5, 5.41) is 2.80. The highest BCUT2D eigenvalue weighted by Gasteiger charge is 2.30. The predicted molar refractivity (Wildman–Crippen MR) is 96.0 cm³/mol. The van der Waals surface area contributed by atoms with Gasteiger partial charge in [0.15, 0.2) is 11.6 Å².